The van der Waals surface area contributed by atoms with E-state index >= 15 is 0 Å². The minimum absolute atomic E-state index is 0.140. The van der Waals surface area contributed by atoms with E-state index in [0.717, 1.165) is 55.3 Å². The zero-order valence-corrected chi connectivity index (χ0v) is 18.6. The van der Waals surface area contributed by atoms with E-state index in [2.05, 4.69) is 21.6 Å². The first-order chi connectivity index (χ1) is 13.9. The molecule has 0 N–H and O–H groups in total. The van der Waals surface area contributed by atoms with Crippen LogP contribution in [-0.2, 0) is 13.5 Å². The second-order valence-electron chi connectivity index (χ2n) is 8.44. The van der Waals surface area contributed by atoms with E-state index in [0.29, 0.717) is 5.92 Å². The fraction of sp³-hybridized carbons (Fsp3) is 0.542. The number of carbonyl (C=O) groups excluding carboxylic acids is 1. The van der Waals surface area contributed by atoms with E-state index in [1.807, 2.05) is 51.0 Å². The van der Waals surface area contributed by atoms with Crippen molar-refractivity contribution in [2.75, 3.05) is 40.3 Å². The third-order valence-corrected chi connectivity index (χ3v) is 6.36. The average Bonchev–Trinajstić information content (AvgIpc) is 2.99. The van der Waals surface area contributed by atoms with Crippen molar-refractivity contribution < 1.29 is 9.53 Å². The Bertz CT molecular complexity index is 825. The summed E-state index contributed by atoms with van der Waals surface area (Å²) in [7, 11) is 5.66. The number of nitrogens with zero attached hydrogens (tertiary/aromatic N) is 3. The van der Waals surface area contributed by atoms with Crippen molar-refractivity contribution in [2.24, 2.45) is 13.0 Å². The Labute approximate surface area is 175 Å². The van der Waals surface area contributed by atoms with Crippen molar-refractivity contribution in [3.63, 3.8) is 0 Å². The van der Waals surface area contributed by atoms with Gasteiger partial charge in [0.15, 0.2) is 0 Å². The molecule has 0 bridgehead atoms. The van der Waals surface area contributed by atoms with Crippen molar-refractivity contribution in [1.29, 1.82) is 0 Å². The lowest BCUT2D eigenvalue weighted by atomic mass is 9.96. The normalized spacial score (nSPS) is 17.3. The van der Waals surface area contributed by atoms with Gasteiger partial charge in [0, 0.05) is 45.1 Å². The molecular weight excluding hydrogens is 362 g/mol. The van der Waals surface area contributed by atoms with Crippen LogP contribution in [0.5, 0.6) is 5.75 Å². The first-order valence-corrected chi connectivity index (χ1v) is 10.6. The Morgan fingerprint density at radius 1 is 1.24 bits per heavy atom. The number of aromatic nitrogens is 1. The summed E-state index contributed by atoms with van der Waals surface area (Å²) in [5.41, 5.74) is 4.35. The van der Waals surface area contributed by atoms with Crippen LogP contribution < -0.4 is 4.74 Å². The van der Waals surface area contributed by atoms with Crippen molar-refractivity contribution in [2.45, 2.75) is 33.1 Å². The smallest absolute Gasteiger partial charge is 0.255 e. The molecule has 5 nitrogen and oxygen atoms in total. The van der Waals surface area contributed by atoms with Gasteiger partial charge in [-0.15, -0.1) is 0 Å². The number of likely N-dealkylation sites (tertiary alicyclic amines) is 1. The van der Waals surface area contributed by atoms with E-state index in [1.54, 1.807) is 7.11 Å². The average molecular weight is 398 g/mol. The minimum Gasteiger partial charge on any atom is -0.497 e. The molecule has 1 aliphatic rings. The number of ether oxygens (including phenoxy) is 1. The Morgan fingerprint density at radius 2 is 1.97 bits per heavy atom. The molecule has 1 saturated heterocycles. The van der Waals surface area contributed by atoms with Gasteiger partial charge in [-0.1, -0.05) is 12.1 Å². The number of rotatable bonds is 7. The lowest BCUT2D eigenvalue weighted by Gasteiger charge is -2.34. The maximum Gasteiger partial charge on any atom is 0.255 e. The molecule has 29 heavy (non-hydrogen) atoms. The molecule has 1 amide bonds. The molecule has 0 aliphatic carbocycles. The van der Waals surface area contributed by atoms with Crippen LogP contribution in [-0.4, -0.2) is 60.6 Å². The molecule has 3 rings (SSSR count). The van der Waals surface area contributed by atoms with Crippen LogP contribution >= 0.6 is 0 Å². The van der Waals surface area contributed by atoms with Gasteiger partial charge >= 0.3 is 0 Å². The van der Waals surface area contributed by atoms with Crippen molar-refractivity contribution in [3.05, 3.63) is 52.8 Å². The zero-order valence-electron chi connectivity index (χ0n) is 18.6. The fourth-order valence-electron chi connectivity index (χ4n) is 4.33. The highest BCUT2D eigenvalue weighted by Crippen LogP contribution is 2.21. The maximum absolute atomic E-state index is 12.9. The van der Waals surface area contributed by atoms with E-state index in [-0.39, 0.29) is 5.91 Å². The number of aryl methyl sites for hydroxylation is 1. The van der Waals surface area contributed by atoms with Gasteiger partial charge in [-0.2, -0.15) is 0 Å². The van der Waals surface area contributed by atoms with Gasteiger partial charge in [0.1, 0.15) is 5.75 Å². The van der Waals surface area contributed by atoms with E-state index in [1.165, 1.54) is 18.4 Å². The number of benzene rings is 1. The van der Waals surface area contributed by atoms with E-state index in [9.17, 15) is 4.79 Å². The summed E-state index contributed by atoms with van der Waals surface area (Å²) < 4.78 is 7.32. The molecule has 2 aromatic rings. The summed E-state index contributed by atoms with van der Waals surface area (Å²) in [5.74, 6) is 1.59. The van der Waals surface area contributed by atoms with Crippen LogP contribution in [0.2, 0.25) is 0 Å². The Hall–Kier alpha value is -2.27. The van der Waals surface area contributed by atoms with Crippen LogP contribution in [0.3, 0.4) is 0 Å². The molecule has 1 aromatic carbocycles. The van der Waals surface area contributed by atoms with E-state index < -0.39 is 0 Å². The predicted octanol–water partition coefficient (Wildman–Crippen LogP) is 3.68. The van der Waals surface area contributed by atoms with Crippen LogP contribution in [0.4, 0.5) is 0 Å². The largest absolute Gasteiger partial charge is 0.497 e. The molecule has 0 unspecified atom stereocenters. The molecule has 0 spiro atoms. The van der Waals surface area contributed by atoms with Gasteiger partial charge in [-0.3, -0.25) is 4.79 Å². The number of amides is 1. The number of methoxy groups -OCH3 is 1. The molecule has 2 heterocycles. The van der Waals surface area contributed by atoms with Crippen molar-refractivity contribution in [3.8, 4) is 5.75 Å². The van der Waals surface area contributed by atoms with Gasteiger partial charge in [-0.25, -0.2) is 0 Å². The van der Waals surface area contributed by atoms with E-state index in [4.69, 9.17) is 4.74 Å². The molecule has 1 fully saturated rings. The standard InChI is InChI=1S/C24H35N3O2/c1-18-15-23(19(2)26(18)4)24(28)25(3)16-21-7-6-13-27(17-21)14-12-20-8-10-22(29-5)11-9-20/h8-11,15,21H,6-7,12-14,16-17H2,1-5H3/t21-/m0/s1. The van der Waals surface area contributed by atoms with Crippen LogP contribution in [0.25, 0.3) is 0 Å². The van der Waals surface area contributed by atoms with Gasteiger partial charge in [0.2, 0.25) is 0 Å². The Morgan fingerprint density at radius 3 is 2.59 bits per heavy atom. The van der Waals surface area contributed by atoms with Crippen LogP contribution in [0.1, 0.15) is 40.2 Å². The molecule has 0 saturated carbocycles. The highest BCUT2D eigenvalue weighted by molar-refractivity contribution is 5.95. The maximum atomic E-state index is 12.9. The number of hydrogen-bond acceptors (Lipinski definition) is 3. The molecule has 158 valence electrons. The van der Waals surface area contributed by atoms with Crippen LogP contribution in [0, 0.1) is 19.8 Å². The van der Waals surface area contributed by atoms with Crippen molar-refractivity contribution >= 4 is 5.91 Å². The second kappa shape index (κ2) is 9.49. The third kappa shape index (κ3) is 5.21. The first kappa shape index (κ1) is 21.4. The molecule has 0 radical (unpaired) electrons. The lowest BCUT2D eigenvalue weighted by Crippen LogP contribution is -2.42. The summed E-state index contributed by atoms with van der Waals surface area (Å²) in [5, 5.41) is 0. The summed E-state index contributed by atoms with van der Waals surface area (Å²) in [6, 6.07) is 10.4. The molecule has 1 aromatic heterocycles. The monoisotopic (exact) mass is 397 g/mol. The highest BCUT2D eigenvalue weighted by atomic mass is 16.5. The molecule has 5 heteroatoms. The molecule has 1 atom stereocenters. The summed E-state index contributed by atoms with van der Waals surface area (Å²) in [6.45, 7) is 8.19. The van der Waals surface area contributed by atoms with Crippen LogP contribution in [0.15, 0.2) is 30.3 Å². The summed E-state index contributed by atoms with van der Waals surface area (Å²) in [4.78, 5) is 17.4. The topological polar surface area (TPSA) is 37.7 Å². The third-order valence-electron chi connectivity index (χ3n) is 6.36. The van der Waals surface area contributed by atoms with Gasteiger partial charge in [-0.05, 0) is 69.3 Å². The quantitative estimate of drug-likeness (QED) is 0.715. The number of piperidine rings is 1. The molecular formula is C24H35N3O2. The minimum atomic E-state index is 0.140. The fourth-order valence-corrected chi connectivity index (χ4v) is 4.33. The number of carbonyl (C=O) groups is 1. The van der Waals surface area contributed by atoms with Gasteiger partial charge in [0.05, 0.1) is 12.7 Å². The van der Waals surface area contributed by atoms with Gasteiger partial charge < -0.3 is 19.1 Å². The molecule has 1 aliphatic heterocycles. The first-order valence-electron chi connectivity index (χ1n) is 10.6. The van der Waals surface area contributed by atoms with Gasteiger partial charge in [0.25, 0.3) is 5.91 Å². The summed E-state index contributed by atoms with van der Waals surface area (Å²) >= 11 is 0. The number of hydrogen-bond donors (Lipinski definition) is 0. The van der Waals surface area contributed by atoms with Crippen molar-refractivity contribution in [1.82, 2.24) is 14.4 Å². The Kier molecular flexibility index (Phi) is 7.01. The second-order valence-corrected chi connectivity index (χ2v) is 8.44. The zero-order chi connectivity index (χ0) is 21.0. The SMILES string of the molecule is COc1ccc(CCN2CCC[C@@H](CN(C)C(=O)c3cc(C)n(C)c3C)C2)cc1. The predicted molar refractivity (Wildman–Crippen MR) is 118 cm³/mol. The Balaban J connectivity index is 1.51. The lowest BCUT2D eigenvalue weighted by molar-refractivity contribution is 0.0729. The summed E-state index contributed by atoms with van der Waals surface area (Å²) in [6.07, 6.45) is 3.45. The highest BCUT2D eigenvalue weighted by Gasteiger charge is 2.24.